The molecule has 0 bridgehead atoms. The van der Waals surface area contributed by atoms with E-state index in [1.165, 1.54) is 13.8 Å². The third-order valence-electron chi connectivity index (χ3n) is 9.00. The molecule has 4 rings (SSSR count). The Bertz CT molecular complexity index is 720. The fourth-order valence-corrected chi connectivity index (χ4v) is 7.86. The van der Waals surface area contributed by atoms with E-state index in [0.29, 0.717) is 24.2 Å². The van der Waals surface area contributed by atoms with Crippen molar-refractivity contribution in [1.82, 2.24) is 0 Å². The number of oxime groups is 1. The molecule has 6 nitrogen and oxygen atoms in total. The Morgan fingerprint density at radius 2 is 1.72 bits per heavy atom. The highest BCUT2D eigenvalue weighted by Crippen LogP contribution is 2.65. The molecule has 0 unspecified atom stereocenters. The Kier molecular flexibility index (Phi) is 5.19. The summed E-state index contributed by atoms with van der Waals surface area (Å²) in [6, 6.07) is 0. The van der Waals surface area contributed by atoms with Crippen LogP contribution in [0.3, 0.4) is 0 Å². The van der Waals surface area contributed by atoms with Crippen molar-refractivity contribution in [2.24, 2.45) is 39.7 Å². The van der Waals surface area contributed by atoms with Crippen molar-refractivity contribution < 1.29 is 24.3 Å². The van der Waals surface area contributed by atoms with Crippen LogP contribution in [0, 0.1) is 34.5 Å². The van der Waals surface area contributed by atoms with Gasteiger partial charge in [0.05, 0.1) is 5.71 Å². The second-order valence-corrected chi connectivity index (χ2v) is 10.5. The molecule has 4 saturated carbocycles. The smallest absolute Gasteiger partial charge is 0.302 e. The summed E-state index contributed by atoms with van der Waals surface area (Å²) in [5.41, 5.74) is 0.820. The molecule has 162 valence electrons. The lowest BCUT2D eigenvalue weighted by Crippen LogP contribution is -2.58. The van der Waals surface area contributed by atoms with Gasteiger partial charge in [0.1, 0.15) is 12.2 Å². The summed E-state index contributed by atoms with van der Waals surface area (Å²) in [5.74, 6) is 1.28. The molecule has 0 saturated heterocycles. The number of carbonyl (C=O) groups excluding carboxylic acids is 2. The number of rotatable bonds is 2. The standard InChI is InChI=1S/C23H35NO5/c1-13(25)28-16-9-10-22(3)15(11-16)5-6-17-18-7-8-20(29-14(2)26)23(18,4)12-19(24-27)21(17)22/h15-18,20-21,27H,5-12H2,1-4H3/t15-,16-,17+,18-,20+,21-,22+,23-/m1/s1. The lowest BCUT2D eigenvalue weighted by molar-refractivity contribution is -0.157. The monoisotopic (exact) mass is 405 g/mol. The first-order valence-electron chi connectivity index (χ1n) is 11.2. The van der Waals surface area contributed by atoms with Crippen LogP contribution in [-0.4, -0.2) is 35.1 Å². The summed E-state index contributed by atoms with van der Waals surface area (Å²) in [5, 5.41) is 13.9. The van der Waals surface area contributed by atoms with Gasteiger partial charge in [0.25, 0.3) is 0 Å². The van der Waals surface area contributed by atoms with E-state index in [4.69, 9.17) is 9.47 Å². The number of hydrogen-bond donors (Lipinski definition) is 1. The Labute approximate surface area is 173 Å². The van der Waals surface area contributed by atoms with Gasteiger partial charge in [0, 0.05) is 25.2 Å². The summed E-state index contributed by atoms with van der Waals surface area (Å²) >= 11 is 0. The van der Waals surface area contributed by atoms with Gasteiger partial charge in [-0.25, -0.2) is 0 Å². The molecule has 0 aromatic carbocycles. The quantitative estimate of drug-likeness (QED) is 0.420. The van der Waals surface area contributed by atoms with Crippen molar-refractivity contribution >= 4 is 17.7 Å². The van der Waals surface area contributed by atoms with Gasteiger partial charge in [-0.1, -0.05) is 19.0 Å². The fraction of sp³-hybridized carbons (Fsp3) is 0.870. The van der Waals surface area contributed by atoms with Crippen molar-refractivity contribution in [3.8, 4) is 0 Å². The third-order valence-corrected chi connectivity index (χ3v) is 9.00. The zero-order chi connectivity index (χ0) is 21.0. The first-order valence-corrected chi connectivity index (χ1v) is 11.2. The number of carbonyl (C=O) groups is 2. The highest BCUT2D eigenvalue weighted by Gasteiger charge is 2.63. The van der Waals surface area contributed by atoms with Crippen LogP contribution >= 0.6 is 0 Å². The van der Waals surface area contributed by atoms with E-state index in [9.17, 15) is 14.8 Å². The summed E-state index contributed by atoms with van der Waals surface area (Å²) in [6.07, 6.45) is 7.61. The maximum atomic E-state index is 11.7. The molecule has 0 aliphatic heterocycles. The molecule has 6 heteroatoms. The zero-order valence-corrected chi connectivity index (χ0v) is 18.1. The van der Waals surface area contributed by atoms with Crippen LogP contribution in [0.1, 0.15) is 79.1 Å². The van der Waals surface area contributed by atoms with E-state index >= 15 is 0 Å². The SMILES string of the molecule is CC(=O)O[C@@H]1CC[C@@]2(C)[C@H](CC[C@H]3[C@H]4CC[C@H](OC(C)=O)[C@]4(C)CC(=NO)[C@@H]32)C1. The normalized spacial score (nSPS) is 47.7. The van der Waals surface area contributed by atoms with E-state index in [-0.39, 0.29) is 40.9 Å². The second kappa shape index (κ2) is 7.28. The van der Waals surface area contributed by atoms with Crippen molar-refractivity contribution in [2.45, 2.75) is 91.3 Å². The maximum absolute atomic E-state index is 11.7. The van der Waals surface area contributed by atoms with Gasteiger partial charge >= 0.3 is 11.9 Å². The van der Waals surface area contributed by atoms with Gasteiger partial charge in [0.2, 0.25) is 0 Å². The van der Waals surface area contributed by atoms with E-state index < -0.39 is 0 Å². The minimum absolute atomic E-state index is 0.0188. The first kappa shape index (κ1) is 20.7. The summed E-state index contributed by atoms with van der Waals surface area (Å²) in [7, 11) is 0. The lowest BCUT2D eigenvalue weighted by Gasteiger charge is -2.60. The molecular weight excluding hydrogens is 370 g/mol. The number of ether oxygens (including phenoxy) is 2. The Hall–Kier alpha value is -1.59. The summed E-state index contributed by atoms with van der Waals surface area (Å²) in [4.78, 5) is 23.1. The number of hydrogen-bond acceptors (Lipinski definition) is 6. The van der Waals surface area contributed by atoms with Gasteiger partial charge in [0.15, 0.2) is 0 Å². The molecule has 0 aromatic heterocycles. The first-order chi connectivity index (χ1) is 13.7. The van der Waals surface area contributed by atoms with Gasteiger partial charge in [-0.05, 0) is 74.5 Å². The van der Waals surface area contributed by atoms with Crippen LogP contribution in [-0.2, 0) is 19.1 Å². The summed E-state index contributed by atoms with van der Waals surface area (Å²) in [6.45, 7) is 7.57. The second-order valence-electron chi connectivity index (χ2n) is 10.5. The van der Waals surface area contributed by atoms with E-state index in [1.54, 1.807) is 0 Å². The number of fused-ring (bicyclic) bond motifs is 5. The predicted molar refractivity (Wildman–Crippen MR) is 107 cm³/mol. The average molecular weight is 406 g/mol. The van der Waals surface area contributed by atoms with E-state index in [2.05, 4.69) is 19.0 Å². The molecule has 0 aromatic rings. The van der Waals surface area contributed by atoms with Crippen molar-refractivity contribution in [1.29, 1.82) is 0 Å². The van der Waals surface area contributed by atoms with Crippen LogP contribution < -0.4 is 0 Å². The van der Waals surface area contributed by atoms with Crippen LogP contribution in [0.15, 0.2) is 5.16 Å². The molecule has 4 aliphatic carbocycles. The molecule has 0 radical (unpaired) electrons. The lowest BCUT2D eigenvalue weighted by atomic mass is 9.44. The molecule has 4 aliphatic rings. The van der Waals surface area contributed by atoms with Gasteiger partial charge < -0.3 is 14.7 Å². The van der Waals surface area contributed by atoms with E-state index in [0.717, 1.165) is 50.7 Å². The topological polar surface area (TPSA) is 85.2 Å². The van der Waals surface area contributed by atoms with Gasteiger partial charge in [-0.15, -0.1) is 0 Å². The molecular formula is C23H35NO5. The Morgan fingerprint density at radius 3 is 2.38 bits per heavy atom. The van der Waals surface area contributed by atoms with Crippen molar-refractivity contribution in [2.75, 3.05) is 0 Å². The largest absolute Gasteiger partial charge is 0.463 e. The van der Waals surface area contributed by atoms with Crippen molar-refractivity contribution in [3.63, 3.8) is 0 Å². The van der Waals surface area contributed by atoms with E-state index in [1.807, 2.05) is 0 Å². The molecule has 4 fully saturated rings. The fourth-order valence-electron chi connectivity index (χ4n) is 7.86. The summed E-state index contributed by atoms with van der Waals surface area (Å²) < 4.78 is 11.3. The zero-order valence-electron chi connectivity index (χ0n) is 18.1. The van der Waals surface area contributed by atoms with Crippen LogP contribution in [0.2, 0.25) is 0 Å². The highest BCUT2D eigenvalue weighted by molar-refractivity contribution is 5.89. The minimum atomic E-state index is -0.221. The molecule has 0 heterocycles. The number of nitrogens with zero attached hydrogens (tertiary/aromatic N) is 1. The van der Waals surface area contributed by atoms with Gasteiger partial charge in [-0.3, -0.25) is 9.59 Å². The predicted octanol–water partition coefficient (Wildman–Crippen LogP) is 4.33. The third kappa shape index (κ3) is 3.27. The van der Waals surface area contributed by atoms with Crippen LogP contribution in [0.4, 0.5) is 0 Å². The molecule has 1 N–H and O–H groups in total. The highest BCUT2D eigenvalue weighted by atomic mass is 16.5. The van der Waals surface area contributed by atoms with Crippen molar-refractivity contribution in [3.05, 3.63) is 0 Å². The Balaban J connectivity index is 1.61. The average Bonchev–Trinajstić information content (AvgIpc) is 2.96. The molecule has 29 heavy (non-hydrogen) atoms. The van der Waals surface area contributed by atoms with Crippen LogP contribution in [0.25, 0.3) is 0 Å². The van der Waals surface area contributed by atoms with Gasteiger partial charge in [-0.2, -0.15) is 0 Å². The Morgan fingerprint density at radius 1 is 1.00 bits per heavy atom. The molecule has 0 spiro atoms. The van der Waals surface area contributed by atoms with Crippen LogP contribution in [0.5, 0.6) is 0 Å². The molecule has 8 atom stereocenters. The minimum Gasteiger partial charge on any atom is -0.463 e. The molecule has 0 amide bonds. The number of esters is 2. The maximum Gasteiger partial charge on any atom is 0.302 e.